The zero-order valence-electron chi connectivity index (χ0n) is 10.7. The van der Waals surface area contributed by atoms with E-state index < -0.39 is 0 Å². The van der Waals surface area contributed by atoms with E-state index in [2.05, 4.69) is 25.5 Å². The zero-order chi connectivity index (χ0) is 12.9. The Bertz CT molecular complexity index is 402. The van der Waals surface area contributed by atoms with Crippen molar-refractivity contribution in [2.24, 2.45) is 5.41 Å². The van der Waals surface area contributed by atoms with Gasteiger partial charge in [-0.25, -0.2) is 4.79 Å². The molecule has 0 radical (unpaired) electrons. The first-order chi connectivity index (χ1) is 7.93. The first kappa shape index (κ1) is 13.8. The normalized spacial score (nSPS) is 12.4. The van der Waals surface area contributed by atoms with Gasteiger partial charge in [0.1, 0.15) is 0 Å². The smallest absolute Gasteiger partial charge is 0.331 e. The van der Waals surface area contributed by atoms with Crippen LogP contribution in [0.3, 0.4) is 0 Å². The van der Waals surface area contributed by atoms with Crippen molar-refractivity contribution < 1.29 is 9.53 Å². The zero-order valence-corrected chi connectivity index (χ0v) is 11.5. The molecule has 3 heteroatoms. The van der Waals surface area contributed by atoms with E-state index in [9.17, 15) is 4.79 Å². The Hall–Kier alpha value is -1.22. The SMILES string of the molecule is COC(=O)/C=C(\Sc1ccccc1)C(C)(C)C. The maximum atomic E-state index is 11.3. The molecule has 0 unspecified atom stereocenters. The molecule has 0 atom stereocenters. The number of rotatable bonds is 3. The molecule has 92 valence electrons. The number of allylic oxidation sites excluding steroid dienone is 1. The molecule has 0 aliphatic carbocycles. The minimum absolute atomic E-state index is 0.0747. The van der Waals surface area contributed by atoms with Crippen LogP contribution < -0.4 is 0 Å². The van der Waals surface area contributed by atoms with Gasteiger partial charge >= 0.3 is 5.97 Å². The first-order valence-electron chi connectivity index (χ1n) is 5.46. The molecule has 0 heterocycles. The second-order valence-electron chi connectivity index (χ2n) is 4.70. The van der Waals surface area contributed by atoms with Gasteiger partial charge in [0, 0.05) is 15.9 Å². The third kappa shape index (κ3) is 4.65. The maximum absolute atomic E-state index is 11.3. The predicted octanol–water partition coefficient (Wildman–Crippen LogP) is 3.88. The lowest BCUT2D eigenvalue weighted by Gasteiger charge is -2.22. The van der Waals surface area contributed by atoms with Gasteiger partial charge in [-0.3, -0.25) is 0 Å². The first-order valence-corrected chi connectivity index (χ1v) is 6.28. The molecule has 0 saturated carbocycles. The summed E-state index contributed by atoms with van der Waals surface area (Å²) in [5.41, 5.74) is -0.0747. The molecule has 2 nitrogen and oxygen atoms in total. The minimum Gasteiger partial charge on any atom is -0.466 e. The Kier molecular flexibility index (Phi) is 4.82. The lowest BCUT2D eigenvalue weighted by atomic mass is 9.96. The van der Waals surface area contributed by atoms with Crippen LogP contribution >= 0.6 is 11.8 Å². The molecular weight excluding hydrogens is 232 g/mol. The summed E-state index contributed by atoms with van der Waals surface area (Å²) in [4.78, 5) is 13.5. The lowest BCUT2D eigenvalue weighted by Crippen LogP contribution is -2.09. The lowest BCUT2D eigenvalue weighted by molar-refractivity contribution is -0.134. The van der Waals surface area contributed by atoms with Gasteiger partial charge in [-0.05, 0) is 17.5 Å². The Morgan fingerprint density at radius 2 is 1.82 bits per heavy atom. The van der Waals surface area contributed by atoms with Gasteiger partial charge in [-0.2, -0.15) is 0 Å². The molecule has 0 N–H and O–H groups in total. The standard InChI is InChI=1S/C14H18O2S/c1-14(2,3)12(10-13(15)16-4)17-11-8-6-5-7-9-11/h5-10H,1-4H3/b12-10-. The van der Waals surface area contributed by atoms with E-state index in [1.807, 2.05) is 30.3 Å². The quantitative estimate of drug-likeness (QED) is 0.462. The van der Waals surface area contributed by atoms with Crippen molar-refractivity contribution in [1.29, 1.82) is 0 Å². The fourth-order valence-corrected chi connectivity index (χ4v) is 2.19. The van der Waals surface area contributed by atoms with Crippen molar-refractivity contribution in [2.75, 3.05) is 7.11 Å². The van der Waals surface area contributed by atoms with Crippen molar-refractivity contribution in [3.8, 4) is 0 Å². The summed E-state index contributed by atoms with van der Waals surface area (Å²) in [5.74, 6) is -0.307. The van der Waals surface area contributed by atoms with Crippen molar-refractivity contribution in [3.63, 3.8) is 0 Å². The highest BCUT2D eigenvalue weighted by atomic mass is 32.2. The molecule has 1 aromatic carbocycles. The topological polar surface area (TPSA) is 26.3 Å². The van der Waals surface area contributed by atoms with E-state index in [1.54, 1.807) is 17.8 Å². The van der Waals surface area contributed by atoms with Crippen LogP contribution in [0.4, 0.5) is 0 Å². The number of carbonyl (C=O) groups excluding carboxylic acids is 1. The second kappa shape index (κ2) is 5.92. The van der Waals surface area contributed by atoms with Crippen LogP contribution in [-0.2, 0) is 9.53 Å². The number of ether oxygens (including phenoxy) is 1. The summed E-state index contributed by atoms with van der Waals surface area (Å²) in [6.07, 6.45) is 1.57. The highest BCUT2D eigenvalue weighted by Gasteiger charge is 2.19. The molecular formula is C14H18O2S. The van der Waals surface area contributed by atoms with Crippen LogP contribution in [0.1, 0.15) is 20.8 Å². The Morgan fingerprint density at radius 3 is 2.29 bits per heavy atom. The van der Waals surface area contributed by atoms with Crippen LogP contribution in [0.2, 0.25) is 0 Å². The van der Waals surface area contributed by atoms with Gasteiger partial charge in [-0.1, -0.05) is 50.7 Å². The van der Waals surface area contributed by atoms with Crippen LogP contribution in [0, 0.1) is 5.41 Å². The van der Waals surface area contributed by atoms with E-state index >= 15 is 0 Å². The van der Waals surface area contributed by atoms with Crippen molar-refractivity contribution in [1.82, 2.24) is 0 Å². The van der Waals surface area contributed by atoms with Gasteiger partial charge in [0.2, 0.25) is 0 Å². The number of esters is 1. The van der Waals surface area contributed by atoms with Crippen molar-refractivity contribution >= 4 is 17.7 Å². The van der Waals surface area contributed by atoms with Crippen LogP contribution in [0.5, 0.6) is 0 Å². The van der Waals surface area contributed by atoms with Crippen LogP contribution in [0.25, 0.3) is 0 Å². The highest BCUT2D eigenvalue weighted by Crippen LogP contribution is 2.38. The summed E-state index contributed by atoms with van der Waals surface area (Å²) in [6.45, 7) is 6.24. The average Bonchev–Trinajstić information content (AvgIpc) is 2.28. The molecule has 0 aromatic heterocycles. The summed E-state index contributed by atoms with van der Waals surface area (Å²) >= 11 is 1.60. The third-order valence-electron chi connectivity index (χ3n) is 2.16. The van der Waals surface area contributed by atoms with E-state index in [0.717, 1.165) is 9.80 Å². The summed E-state index contributed by atoms with van der Waals surface area (Å²) in [6, 6.07) is 10.0. The molecule has 0 saturated heterocycles. The summed E-state index contributed by atoms with van der Waals surface area (Å²) < 4.78 is 4.68. The molecule has 0 aliphatic rings. The Labute approximate surface area is 107 Å². The predicted molar refractivity (Wildman–Crippen MR) is 71.9 cm³/mol. The van der Waals surface area contributed by atoms with Crippen LogP contribution in [-0.4, -0.2) is 13.1 Å². The number of hydrogen-bond acceptors (Lipinski definition) is 3. The van der Waals surface area contributed by atoms with Gasteiger partial charge in [0.05, 0.1) is 7.11 Å². The van der Waals surface area contributed by atoms with E-state index in [1.165, 1.54) is 7.11 Å². The summed E-state index contributed by atoms with van der Waals surface area (Å²) in [5, 5.41) is 0. The molecule has 0 amide bonds. The fourth-order valence-electron chi connectivity index (χ4n) is 1.18. The monoisotopic (exact) mass is 250 g/mol. The Balaban J connectivity index is 2.94. The molecule has 17 heavy (non-hydrogen) atoms. The van der Waals surface area contributed by atoms with Gasteiger partial charge < -0.3 is 4.74 Å². The summed E-state index contributed by atoms with van der Waals surface area (Å²) in [7, 11) is 1.40. The molecule has 0 aliphatic heterocycles. The van der Waals surface area contributed by atoms with Crippen LogP contribution in [0.15, 0.2) is 46.2 Å². The molecule has 1 aromatic rings. The highest BCUT2D eigenvalue weighted by molar-refractivity contribution is 8.03. The number of carbonyl (C=O) groups is 1. The van der Waals surface area contributed by atoms with Gasteiger partial charge in [0.25, 0.3) is 0 Å². The number of benzene rings is 1. The number of methoxy groups -OCH3 is 1. The Morgan fingerprint density at radius 1 is 1.24 bits per heavy atom. The second-order valence-corrected chi connectivity index (χ2v) is 5.81. The third-order valence-corrected chi connectivity index (χ3v) is 3.62. The molecule has 0 bridgehead atoms. The van der Waals surface area contributed by atoms with E-state index in [-0.39, 0.29) is 11.4 Å². The maximum Gasteiger partial charge on any atom is 0.331 e. The van der Waals surface area contributed by atoms with E-state index in [4.69, 9.17) is 0 Å². The average molecular weight is 250 g/mol. The van der Waals surface area contributed by atoms with Crippen molar-refractivity contribution in [2.45, 2.75) is 25.7 Å². The van der Waals surface area contributed by atoms with Gasteiger partial charge in [-0.15, -0.1) is 0 Å². The molecule has 0 fully saturated rings. The largest absolute Gasteiger partial charge is 0.466 e. The number of hydrogen-bond donors (Lipinski definition) is 0. The van der Waals surface area contributed by atoms with E-state index in [0.29, 0.717) is 0 Å². The molecule has 0 spiro atoms. The minimum atomic E-state index is -0.307. The van der Waals surface area contributed by atoms with Crippen molar-refractivity contribution in [3.05, 3.63) is 41.3 Å². The fraction of sp³-hybridized carbons (Fsp3) is 0.357. The van der Waals surface area contributed by atoms with Gasteiger partial charge in [0.15, 0.2) is 0 Å². The molecule has 1 rings (SSSR count). The number of thioether (sulfide) groups is 1.